The van der Waals surface area contributed by atoms with E-state index >= 15 is 0 Å². The molecule has 0 aliphatic rings. The summed E-state index contributed by atoms with van der Waals surface area (Å²) in [5.41, 5.74) is 4.80. The molecule has 1 aromatic heterocycles. The van der Waals surface area contributed by atoms with Crippen molar-refractivity contribution in [2.45, 2.75) is 19.9 Å². The van der Waals surface area contributed by atoms with E-state index in [1.54, 1.807) is 0 Å². The SMILES string of the molecule is CNC(c1cnsn1)c1cc(C)ccc1C. The molecule has 1 heterocycles. The summed E-state index contributed by atoms with van der Waals surface area (Å²) in [6.07, 6.45) is 1.83. The van der Waals surface area contributed by atoms with E-state index in [1.807, 2.05) is 13.2 Å². The minimum absolute atomic E-state index is 0.138. The van der Waals surface area contributed by atoms with Crippen LogP contribution in [0.25, 0.3) is 0 Å². The molecule has 1 unspecified atom stereocenters. The summed E-state index contributed by atoms with van der Waals surface area (Å²) in [7, 11) is 1.95. The van der Waals surface area contributed by atoms with E-state index in [0.717, 1.165) is 5.69 Å². The van der Waals surface area contributed by atoms with E-state index in [0.29, 0.717) is 0 Å². The number of hydrogen-bond acceptors (Lipinski definition) is 4. The number of aromatic nitrogens is 2. The Morgan fingerprint density at radius 1 is 1.31 bits per heavy atom. The highest BCUT2D eigenvalue weighted by molar-refractivity contribution is 6.99. The number of rotatable bonds is 3. The van der Waals surface area contributed by atoms with Gasteiger partial charge in [0.25, 0.3) is 0 Å². The normalized spacial score (nSPS) is 12.7. The van der Waals surface area contributed by atoms with Crippen LogP contribution in [0.15, 0.2) is 24.4 Å². The average Bonchev–Trinajstić information content (AvgIpc) is 2.78. The number of benzene rings is 1. The molecule has 3 nitrogen and oxygen atoms in total. The summed E-state index contributed by atoms with van der Waals surface area (Å²) in [6.45, 7) is 4.23. The van der Waals surface area contributed by atoms with E-state index in [1.165, 1.54) is 28.4 Å². The Hall–Kier alpha value is -1.26. The molecule has 1 atom stereocenters. The predicted molar refractivity (Wildman–Crippen MR) is 66.7 cm³/mol. The van der Waals surface area contributed by atoms with Crippen LogP contribution in [0.5, 0.6) is 0 Å². The van der Waals surface area contributed by atoms with E-state index in [9.17, 15) is 0 Å². The van der Waals surface area contributed by atoms with E-state index in [-0.39, 0.29) is 6.04 Å². The van der Waals surface area contributed by atoms with Crippen molar-refractivity contribution < 1.29 is 0 Å². The first-order valence-electron chi connectivity index (χ1n) is 5.24. The Morgan fingerprint density at radius 2 is 2.12 bits per heavy atom. The fourth-order valence-electron chi connectivity index (χ4n) is 1.83. The van der Waals surface area contributed by atoms with Gasteiger partial charge < -0.3 is 5.32 Å². The van der Waals surface area contributed by atoms with Gasteiger partial charge in [0.1, 0.15) is 0 Å². The molecule has 0 fully saturated rings. The molecule has 0 aliphatic heterocycles. The van der Waals surface area contributed by atoms with Crippen molar-refractivity contribution in [3.05, 3.63) is 46.8 Å². The molecule has 0 spiro atoms. The fourth-order valence-corrected chi connectivity index (χ4v) is 2.28. The van der Waals surface area contributed by atoms with Crippen molar-refractivity contribution in [1.82, 2.24) is 14.1 Å². The molecule has 1 N–H and O–H groups in total. The lowest BCUT2D eigenvalue weighted by atomic mass is 9.97. The summed E-state index contributed by atoms with van der Waals surface area (Å²) >= 11 is 1.25. The summed E-state index contributed by atoms with van der Waals surface area (Å²) in [5, 5.41) is 3.29. The van der Waals surface area contributed by atoms with Crippen molar-refractivity contribution in [1.29, 1.82) is 0 Å². The molecule has 1 aromatic carbocycles. The Morgan fingerprint density at radius 3 is 2.75 bits per heavy atom. The molecule has 0 amide bonds. The maximum Gasteiger partial charge on any atom is 0.0957 e. The summed E-state index contributed by atoms with van der Waals surface area (Å²) < 4.78 is 8.36. The maximum absolute atomic E-state index is 4.30. The molecular formula is C12H15N3S. The van der Waals surface area contributed by atoms with Crippen molar-refractivity contribution in [3.8, 4) is 0 Å². The van der Waals surface area contributed by atoms with Gasteiger partial charge in [-0.25, -0.2) is 0 Å². The van der Waals surface area contributed by atoms with Gasteiger partial charge in [-0.1, -0.05) is 23.8 Å². The van der Waals surface area contributed by atoms with Gasteiger partial charge >= 0.3 is 0 Å². The quantitative estimate of drug-likeness (QED) is 0.885. The van der Waals surface area contributed by atoms with Crippen molar-refractivity contribution in [2.24, 2.45) is 0 Å². The molecule has 0 aliphatic carbocycles. The van der Waals surface area contributed by atoms with E-state index in [2.05, 4.69) is 46.1 Å². The monoisotopic (exact) mass is 233 g/mol. The van der Waals surface area contributed by atoms with Gasteiger partial charge in [-0.3, -0.25) is 0 Å². The summed E-state index contributed by atoms with van der Waals surface area (Å²) in [5.74, 6) is 0. The fraction of sp³-hybridized carbons (Fsp3) is 0.333. The first-order chi connectivity index (χ1) is 7.72. The highest BCUT2D eigenvalue weighted by Gasteiger charge is 2.16. The molecule has 16 heavy (non-hydrogen) atoms. The number of hydrogen-bond donors (Lipinski definition) is 1. The Labute approximate surface area is 99.9 Å². The van der Waals surface area contributed by atoms with Crippen molar-refractivity contribution in [3.63, 3.8) is 0 Å². The van der Waals surface area contributed by atoms with Crippen molar-refractivity contribution in [2.75, 3.05) is 7.05 Å². The maximum atomic E-state index is 4.30. The third-order valence-electron chi connectivity index (χ3n) is 2.71. The molecule has 2 aromatic rings. The Balaban J connectivity index is 2.44. The number of aryl methyl sites for hydroxylation is 2. The van der Waals surface area contributed by atoms with Crippen molar-refractivity contribution >= 4 is 11.7 Å². The largest absolute Gasteiger partial charge is 0.308 e. The molecule has 0 saturated heterocycles. The second kappa shape index (κ2) is 4.72. The van der Waals surface area contributed by atoms with E-state index < -0.39 is 0 Å². The minimum atomic E-state index is 0.138. The predicted octanol–water partition coefficient (Wildman–Crippen LogP) is 2.46. The summed E-state index contributed by atoms with van der Waals surface area (Å²) in [4.78, 5) is 0. The van der Waals surface area contributed by atoms with Gasteiger partial charge in [0.05, 0.1) is 29.7 Å². The third-order valence-corrected chi connectivity index (χ3v) is 3.20. The van der Waals surface area contributed by atoms with Crippen LogP contribution in [0.3, 0.4) is 0 Å². The van der Waals surface area contributed by atoms with Crippen LogP contribution < -0.4 is 5.32 Å². The summed E-state index contributed by atoms with van der Waals surface area (Å²) in [6, 6.07) is 6.62. The van der Waals surface area contributed by atoms with Gasteiger partial charge in [0.15, 0.2) is 0 Å². The zero-order chi connectivity index (χ0) is 11.5. The van der Waals surface area contributed by atoms with Crippen LogP contribution in [0.4, 0.5) is 0 Å². The lowest BCUT2D eigenvalue weighted by Gasteiger charge is -2.17. The number of nitrogens with zero attached hydrogens (tertiary/aromatic N) is 2. The van der Waals surface area contributed by atoms with Crippen LogP contribution in [0.2, 0.25) is 0 Å². The molecular weight excluding hydrogens is 218 g/mol. The molecule has 0 radical (unpaired) electrons. The second-order valence-electron chi connectivity index (χ2n) is 3.91. The first kappa shape index (κ1) is 11.2. The topological polar surface area (TPSA) is 37.8 Å². The van der Waals surface area contributed by atoms with Crippen LogP contribution in [-0.2, 0) is 0 Å². The zero-order valence-corrected chi connectivity index (χ0v) is 10.5. The van der Waals surface area contributed by atoms with Gasteiger partial charge in [-0.05, 0) is 32.0 Å². The second-order valence-corrected chi connectivity index (χ2v) is 4.47. The average molecular weight is 233 g/mol. The van der Waals surface area contributed by atoms with Crippen LogP contribution >= 0.6 is 11.7 Å². The smallest absolute Gasteiger partial charge is 0.0957 e. The molecule has 4 heteroatoms. The number of nitrogens with one attached hydrogen (secondary N) is 1. The molecule has 84 valence electrons. The van der Waals surface area contributed by atoms with Gasteiger partial charge in [0, 0.05) is 0 Å². The minimum Gasteiger partial charge on any atom is -0.308 e. The lowest BCUT2D eigenvalue weighted by molar-refractivity contribution is 0.673. The van der Waals surface area contributed by atoms with Gasteiger partial charge in [0.2, 0.25) is 0 Å². The standard InChI is InChI=1S/C12H15N3S/c1-8-4-5-9(2)10(6-8)12(13-3)11-7-14-16-15-11/h4-7,12-13H,1-3H3. The van der Waals surface area contributed by atoms with E-state index in [4.69, 9.17) is 0 Å². The Bertz CT molecular complexity index is 465. The third kappa shape index (κ3) is 2.13. The Kier molecular flexibility index (Phi) is 3.31. The zero-order valence-electron chi connectivity index (χ0n) is 9.69. The highest BCUT2D eigenvalue weighted by atomic mass is 32.1. The van der Waals surface area contributed by atoms with Crippen LogP contribution in [0.1, 0.15) is 28.4 Å². The van der Waals surface area contributed by atoms with Gasteiger partial charge in [-0.15, -0.1) is 0 Å². The lowest BCUT2D eigenvalue weighted by Crippen LogP contribution is -2.19. The van der Waals surface area contributed by atoms with Crippen LogP contribution in [-0.4, -0.2) is 15.8 Å². The molecule has 2 rings (SSSR count). The highest BCUT2D eigenvalue weighted by Crippen LogP contribution is 2.24. The molecule has 0 bridgehead atoms. The van der Waals surface area contributed by atoms with Crippen LogP contribution in [0, 0.1) is 13.8 Å². The van der Waals surface area contributed by atoms with Gasteiger partial charge in [-0.2, -0.15) is 8.75 Å². The molecule has 0 saturated carbocycles. The first-order valence-corrected chi connectivity index (χ1v) is 5.97.